The number of fused-ring (bicyclic) bond motifs is 6. The van der Waals surface area contributed by atoms with Gasteiger partial charge in [0.15, 0.2) is 5.76 Å². The molecule has 1 saturated heterocycles. The third-order valence-electron chi connectivity index (χ3n) is 7.85. The van der Waals surface area contributed by atoms with Crippen molar-refractivity contribution in [2.24, 2.45) is 5.92 Å². The third kappa shape index (κ3) is 6.00. The van der Waals surface area contributed by atoms with E-state index in [9.17, 15) is 13.2 Å². The van der Waals surface area contributed by atoms with Crippen molar-refractivity contribution in [2.75, 3.05) is 29.0 Å². The van der Waals surface area contributed by atoms with E-state index in [1.807, 2.05) is 31.2 Å². The lowest BCUT2D eigenvalue weighted by Crippen LogP contribution is -2.39. The number of rotatable bonds is 5. The van der Waals surface area contributed by atoms with Crippen molar-refractivity contribution >= 4 is 44.8 Å². The Morgan fingerprint density at radius 2 is 1.86 bits per heavy atom. The first-order chi connectivity index (χ1) is 20.2. The molecule has 0 unspecified atom stereocenters. The average molecular weight is 588 g/mol. The third-order valence-corrected chi connectivity index (χ3v) is 9.85. The summed E-state index contributed by atoms with van der Waals surface area (Å²) in [6.07, 6.45) is 6.10. The van der Waals surface area contributed by atoms with Crippen LogP contribution in [0.5, 0.6) is 0 Å². The van der Waals surface area contributed by atoms with E-state index in [1.165, 1.54) is 10.5 Å². The summed E-state index contributed by atoms with van der Waals surface area (Å²) in [4.78, 5) is 22.4. The van der Waals surface area contributed by atoms with Crippen molar-refractivity contribution in [1.82, 2.24) is 19.4 Å². The van der Waals surface area contributed by atoms with Crippen molar-refractivity contribution in [3.63, 3.8) is 0 Å². The first-order valence-corrected chi connectivity index (χ1v) is 15.5. The molecule has 0 aliphatic carbocycles. The van der Waals surface area contributed by atoms with Crippen molar-refractivity contribution < 1.29 is 17.7 Å². The first kappa shape index (κ1) is 27.9. The number of hydrogen-bond acceptors (Lipinski definition) is 9. The predicted molar refractivity (Wildman–Crippen MR) is 160 cm³/mol. The molecule has 6 bridgehead atoms. The highest BCUT2D eigenvalue weighted by molar-refractivity contribution is 7.89. The highest BCUT2D eigenvalue weighted by Gasteiger charge is 2.32. The fraction of sp³-hybridized carbons (Fsp3) is 0.333. The Labute approximate surface area is 244 Å². The Morgan fingerprint density at radius 3 is 2.64 bits per heavy atom. The molecule has 2 aromatic heterocycles. The largest absolute Gasteiger partial charge is 0.360 e. The maximum absolute atomic E-state index is 13.2. The van der Waals surface area contributed by atoms with Gasteiger partial charge in [0.05, 0.1) is 6.20 Å². The molecule has 2 aliphatic rings. The first-order valence-electron chi connectivity index (χ1n) is 14.1. The van der Waals surface area contributed by atoms with E-state index in [-0.39, 0.29) is 22.5 Å². The quantitative estimate of drug-likeness (QED) is 0.291. The molecule has 0 saturated carbocycles. The lowest BCUT2D eigenvalue weighted by Gasteiger charge is -2.30. The number of nitrogens with one attached hydrogen (secondary N) is 3. The fourth-order valence-electron chi connectivity index (χ4n) is 5.47. The van der Waals surface area contributed by atoms with Crippen LogP contribution in [-0.2, 0) is 27.7 Å². The highest BCUT2D eigenvalue weighted by atomic mass is 32.2. The zero-order valence-electron chi connectivity index (χ0n) is 23.6. The molecule has 2 aromatic carbocycles. The number of aryl methyl sites for hydroxylation is 4. The van der Waals surface area contributed by atoms with E-state index in [2.05, 4.69) is 49.3 Å². The van der Waals surface area contributed by atoms with E-state index in [1.54, 1.807) is 13.1 Å². The minimum atomic E-state index is -3.65. The molecule has 1 fully saturated rings. The molecule has 4 heterocycles. The van der Waals surface area contributed by atoms with Gasteiger partial charge in [0.25, 0.3) is 0 Å². The van der Waals surface area contributed by atoms with Gasteiger partial charge in [-0.15, -0.1) is 0 Å². The van der Waals surface area contributed by atoms with E-state index >= 15 is 0 Å². The zero-order valence-corrected chi connectivity index (χ0v) is 24.4. The minimum absolute atomic E-state index is 0.0754. The normalized spacial score (nSPS) is 15.9. The van der Waals surface area contributed by atoms with Gasteiger partial charge in [-0.25, -0.2) is 13.4 Å². The van der Waals surface area contributed by atoms with Gasteiger partial charge in [0, 0.05) is 48.3 Å². The second-order valence-electron chi connectivity index (χ2n) is 10.9. The van der Waals surface area contributed by atoms with Gasteiger partial charge in [0.1, 0.15) is 10.7 Å². The number of piperidine rings is 1. The maximum atomic E-state index is 13.2. The Bertz CT molecular complexity index is 1730. The Kier molecular flexibility index (Phi) is 7.65. The molecule has 0 atom stereocenters. The standard InChI is InChI=1S/C30H33N7O4S/c1-19-17-31-30-34-24-5-3-4-21(14-24)6-7-23-16-25(33-29(19)36-30)8-9-26(23)35-28(38)15-22-10-12-37(13-11-22)42(39,40)27-18-32-41-20(27)2/h3-5,8-9,14,16-18,22H,6-7,10-13,15H2,1-2H3,(H,35,38)(H2,31,33,34,36). The van der Waals surface area contributed by atoms with E-state index < -0.39 is 10.0 Å². The lowest BCUT2D eigenvalue weighted by atomic mass is 9.94. The number of carbonyl (C=O) groups is 1. The smallest absolute Gasteiger partial charge is 0.248 e. The van der Waals surface area contributed by atoms with Crippen LogP contribution >= 0.6 is 0 Å². The van der Waals surface area contributed by atoms with Crippen molar-refractivity contribution in [3.8, 4) is 0 Å². The summed E-state index contributed by atoms with van der Waals surface area (Å²) >= 11 is 0. The number of hydrogen-bond donors (Lipinski definition) is 3. The summed E-state index contributed by atoms with van der Waals surface area (Å²) in [6, 6.07) is 14.1. The van der Waals surface area contributed by atoms with Crippen LogP contribution in [0.4, 0.5) is 28.8 Å². The molecule has 4 aromatic rings. The number of nitrogens with zero attached hydrogens (tertiary/aromatic N) is 4. The zero-order chi connectivity index (χ0) is 29.3. The Hall–Kier alpha value is -4.29. The summed E-state index contributed by atoms with van der Waals surface area (Å²) in [5.74, 6) is 1.52. The number of amides is 1. The number of aromatic nitrogens is 3. The molecule has 11 nitrogen and oxygen atoms in total. The summed E-state index contributed by atoms with van der Waals surface area (Å²) in [5.41, 5.74) is 5.65. The van der Waals surface area contributed by atoms with Gasteiger partial charge in [-0.1, -0.05) is 17.3 Å². The molecular weight excluding hydrogens is 554 g/mol. The van der Waals surface area contributed by atoms with Crippen molar-refractivity contribution in [2.45, 2.75) is 50.8 Å². The molecule has 3 N–H and O–H groups in total. The van der Waals surface area contributed by atoms with Gasteiger partial charge in [-0.05, 0) is 86.9 Å². The average Bonchev–Trinajstić information content (AvgIpc) is 3.42. The molecule has 2 aliphatic heterocycles. The fourth-order valence-corrected chi connectivity index (χ4v) is 7.02. The molecule has 6 rings (SSSR count). The van der Waals surface area contributed by atoms with Crippen molar-refractivity contribution in [3.05, 3.63) is 77.3 Å². The molecule has 0 radical (unpaired) electrons. The SMILES string of the molecule is Cc1cnc2nc1Nc1ccc(NC(=O)CC3CCN(S(=O)(=O)c4cnoc4C)CC3)c(c1)CCc1cccc(c1)N2. The van der Waals surface area contributed by atoms with Crippen LogP contribution in [0.1, 0.15) is 41.7 Å². The van der Waals surface area contributed by atoms with Crippen LogP contribution in [-0.4, -0.2) is 46.8 Å². The van der Waals surface area contributed by atoms with Crippen LogP contribution in [0.3, 0.4) is 0 Å². The van der Waals surface area contributed by atoms with Crippen LogP contribution in [0.15, 0.2) is 64.3 Å². The lowest BCUT2D eigenvalue weighted by molar-refractivity contribution is -0.117. The van der Waals surface area contributed by atoms with E-state index in [0.29, 0.717) is 44.1 Å². The van der Waals surface area contributed by atoms with Gasteiger partial charge < -0.3 is 20.5 Å². The molecule has 1 amide bonds. The van der Waals surface area contributed by atoms with E-state index in [0.717, 1.165) is 46.6 Å². The Morgan fingerprint density at radius 1 is 1.05 bits per heavy atom. The highest BCUT2D eigenvalue weighted by Crippen LogP contribution is 2.30. The monoisotopic (exact) mass is 587 g/mol. The summed E-state index contributed by atoms with van der Waals surface area (Å²) < 4.78 is 32.3. The van der Waals surface area contributed by atoms with E-state index in [4.69, 9.17) is 4.52 Å². The second-order valence-corrected chi connectivity index (χ2v) is 12.8. The molecule has 0 spiro atoms. The second kappa shape index (κ2) is 11.5. The maximum Gasteiger partial charge on any atom is 0.248 e. The van der Waals surface area contributed by atoms with Crippen LogP contribution < -0.4 is 16.0 Å². The summed E-state index contributed by atoms with van der Waals surface area (Å²) in [5, 5.41) is 13.4. The van der Waals surface area contributed by atoms with Gasteiger partial charge in [-0.3, -0.25) is 4.79 Å². The molecular formula is C30H33N7O4S. The van der Waals surface area contributed by atoms with Crippen LogP contribution in [0.25, 0.3) is 0 Å². The molecule has 42 heavy (non-hydrogen) atoms. The van der Waals surface area contributed by atoms with Crippen molar-refractivity contribution in [1.29, 1.82) is 0 Å². The summed E-state index contributed by atoms with van der Waals surface area (Å²) in [7, 11) is -3.65. The number of carbonyl (C=O) groups excluding carboxylic acids is 1. The molecule has 12 heteroatoms. The number of benzene rings is 2. The van der Waals surface area contributed by atoms with Gasteiger partial charge >= 0.3 is 0 Å². The number of anilines is 5. The minimum Gasteiger partial charge on any atom is -0.360 e. The van der Waals surface area contributed by atoms with Gasteiger partial charge in [0.2, 0.25) is 21.9 Å². The number of sulfonamides is 1. The van der Waals surface area contributed by atoms with Crippen LogP contribution in [0.2, 0.25) is 0 Å². The topological polar surface area (TPSA) is 142 Å². The van der Waals surface area contributed by atoms with Crippen LogP contribution in [0, 0.1) is 19.8 Å². The van der Waals surface area contributed by atoms with Gasteiger partial charge in [-0.2, -0.15) is 9.29 Å². The predicted octanol–water partition coefficient (Wildman–Crippen LogP) is 5.10. The Balaban J connectivity index is 1.15. The molecule has 218 valence electrons. The summed E-state index contributed by atoms with van der Waals surface area (Å²) in [6.45, 7) is 4.25.